The lowest BCUT2D eigenvalue weighted by molar-refractivity contribution is 0.0717. The van der Waals surface area contributed by atoms with Crippen molar-refractivity contribution < 1.29 is 4.74 Å². The van der Waals surface area contributed by atoms with Gasteiger partial charge in [-0.1, -0.05) is 44.4 Å². The van der Waals surface area contributed by atoms with Crippen LogP contribution in [0.5, 0.6) is 0 Å². The summed E-state index contributed by atoms with van der Waals surface area (Å²) in [7, 11) is 0. The van der Waals surface area contributed by atoms with E-state index in [4.69, 9.17) is 4.74 Å². The molecule has 1 rings (SSSR count). The number of nitrogens with one attached hydrogen (secondary N) is 1. The highest BCUT2D eigenvalue weighted by atomic mass is 16.5. The Labute approximate surface area is 105 Å². The van der Waals surface area contributed by atoms with Crippen molar-refractivity contribution in [3.63, 3.8) is 0 Å². The van der Waals surface area contributed by atoms with Gasteiger partial charge in [-0.3, -0.25) is 0 Å². The van der Waals surface area contributed by atoms with Crippen LogP contribution in [0.4, 0.5) is 5.69 Å². The van der Waals surface area contributed by atoms with E-state index in [9.17, 15) is 0 Å². The van der Waals surface area contributed by atoms with Gasteiger partial charge in [-0.25, -0.2) is 0 Å². The summed E-state index contributed by atoms with van der Waals surface area (Å²) >= 11 is 0. The van der Waals surface area contributed by atoms with Crippen LogP contribution in [0.1, 0.15) is 39.5 Å². The van der Waals surface area contributed by atoms with Gasteiger partial charge in [0.15, 0.2) is 0 Å². The molecular formula is C15H25NO. The van der Waals surface area contributed by atoms with E-state index < -0.39 is 0 Å². The molecule has 96 valence electrons. The second-order valence-electron chi connectivity index (χ2n) is 4.49. The average molecular weight is 235 g/mol. The molecule has 0 bridgehead atoms. The zero-order valence-corrected chi connectivity index (χ0v) is 11.1. The molecule has 2 heteroatoms. The van der Waals surface area contributed by atoms with E-state index in [-0.39, 0.29) is 6.10 Å². The minimum Gasteiger partial charge on any atom is -0.382 e. The molecule has 0 spiro atoms. The van der Waals surface area contributed by atoms with Crippen molar-refractivity contribution in [3.05, 3.63) is 30.3 Å². The molecular weight excluding hydrogens is 210 g/mol. The predicted molar refractivity (Wildman–Crippen MR) is 74.5 cm³/mol. The number of ether oxygens (including phenoxy) is 1. The quantitative estimate of drug-likeness (QED) is 0.651. The third kappa shape index (κ3) is 7.01. The maximum atomic E-state index is 5.75. The number of unbranched alkanes of at least 4 members (excludes halogenated alkanes) is 3. The highest BCUT2D eigenvalue weighted by molar-refractivity contribution is 5.42. The number of anilines is 1. The van der Waals surface area contributed by atoms with Crippen LogP contribution >= 0.6 is 0 Å². The molecule has 0 aromatic heterocycles. The van der Waals surface area contributed by atoms with Gasteiger partial charge in [0.05, 0.1) is 6.10 Å². The minimum absolute atomic E-state index is 0.275. The minimum atomic E-state index is 0.275. The Hall–Kier alpha value is -1.02. The first-order valence-corrected chi connectivity index (χ1v) is 6.73. The normalized spacial score (nSPS) is 12.4. The molecule has 1 aromatic carbocycles. The van der Waals surface area contributed by atoms with Crippen molar-refractivity contribution in [2.24, 2.45) is 0 Å². The first-order chi connectivity index (χ1) is 8.33. The summed E-state index contributed by atoms with van der Waals surface area (Å²) in [4.78, 5) is 0. The molecule has 1 atom stereocenters. The number of benzene rings is 1. The molecule has 1 unspecified atom stereocenters. The monoisotopic (exact) mass is 235 g/mol. The first kappa shape index (κ1) is 14.0. The van der Waals surface area contributed by atoms with E-state index in [1.807, 2.05) is 18.2 Å². The predicted octanol–water partition coefficient (Wildman–Crippen LogP) is 4.08. The second kappa shape index (κ2) is 9.06. The molecule has 1 aromatic rings. The molecule has 1 N–H and O–H groups in total. The molecule has 0 aliphatic carbocycles. The molecule has 0 aliphatic rings. The van der Waals surface area contributed by atoms with Crippen molar-refractivity contribution >= 4 is 5.69 Å². The molecule has 0 heterocycles. The smallest absolute Gasteiger partial charge is 0.0719 e. The van der Waals surface area contributed by atoms with Crippen LogP contribution in [0.3, 0.4) is 0 Å². The third-order valence-corrected chi connectivity index (χ3v) is 2.77. The van der Waals surface area contributed by atoms with E-state index in [1.54, 1.807) is 0 Å². The molecule has 0 saturated heterocycles. The van der Waals surface area contributed by atoms with Gasteiger partial charge in [0.2, 0.25) is 0 Å². The Morgan fingerprint density at radius 1 is 1.12 bits per heavy atom. The highest BCUT2D eigenvalue weighted by Crippen LogP contribution is 2.06. The Bertz CT molecular complexity index is 274. The molecule has 0 amide bonds. The fourth-order valence-electron chi connectivity index (χ4n) is 1.69. The summed E-state index contributed by atoms with van der Waals surface area (Å²) in [6.45, 7) is 6.11. The lowest BCUT2D eigenvalue weighted by atomic mass is 10.2. The summed E-state index contributed by atoms with van der Waals surface area (Å²) in [6.07, 6.45) is 5.35. The molecule has 0 radical (unpaired) electrons. The number of rotatable bonds is 9. The van der Waals surface area contributed by atoms with Gasteiger partial charge in [-0.2, -0.15) is 0 Å². The van der Waals surface area contributed by atoms with Gasteiger partial charge >= 0.3 is 0 Å². The molecule has 0 saturated carbocycles. The van der Waals surface area contributed by atoms with Crippen LogP contribution in [0.15, 0.2) is 30.3 Å². The van der Waals surface area contributed by atoms with Crippen LogP contribution in [-0.2, 0) is 4.74 Å². The van der Waals surface area contributed by atoms with Gasteiger partial charge in [0.1, 0.15) is 0 Å². The highest BCUT2D eigenvalue weighted by Gasteiger charge is 2.01. The first-order valence-electron chi connectivity index (χ1n) is 6.73. The van der Waals surface area contributed by atoms with Gasteiger partial charge in [-0.05, 0) is 25.5 Å². The lowest BCUT2D eigenvalue weighted by Crippen LogP contribution is -2.20. The number of hydrogen-bond donors (Lipinski definition) is 1. The number of para-hydroxylation sites is 1. The summed E-state index contributed by atoms with van der Waals surface area (Å²) in [5.74, 6) is 0. The summed E-state index contributed by atoms with van der Waals surface area (Å²) < 4.78 is 5.75. The van der Waals surface area contributed by atoms with E-state index in [0.717, 1.165) is 18.8 Å². The molecule has 0 aliphatic heterocycles. The maximum Gasteiger partial charge on any atom is 0.0719 e. The summed E-state index contributed by atoms with van der Waals surface area (Å²) in [6, 6.07) is 10.3. The van der Waals surface area contributed by atoms with Crippen LogP contribution in [0.2, 0.25) is 0 Å². The Morgan fingerprint density at radius 3 is 2.59 bits per heavy atom. The average Bonchev–Trinajstić information content (AvgIpc) is 2.37. The van der Waals surface area contributed by atoms with Crippen molar-refractivity contribution in [2.45, 2.75) is 45.6 Å². The van der Waals surface area contributed by atoms with Crippen LogP contribution in [0.25, 0.3) is 0 Å². The lowest BCUT2D eigenvalue weighted by Gasteiger charge is -2.14. The fourth-order valence-corrected chi connectivity index (χ4v) is 1.69. The van der Waals surface area contributed by atoms with Crippen molar-refractivity contribution in [1.82, 2.24) is 0 Å². The zero-order chi connectivity index (χ0) is 12.3. The SMILES string of the molecule is CCCCCCOC(C)CNc1ccccc1. The van der Waals surface area contributed by atoms with E-state index in [2.05, 4.69) is 31.3 Å². The van der Waals surface area contributed by atoms with E-state index >= 15 is 0 Å². The van der Waals surface area contributed by atoms with Crippen molar-refractivity contribution in [1.29, 1.82) is 0 Å². The van der Waals surface area contributed by atoms with E-state index in [0.29, 0.717) is 0 Å². The van der Waals surface area contributed by atoms with Crippen LogP contribution in [-0.4, -0.2) is 19.3 Å². The fraction of sp³-hybridized carbons (Fsp3) is 0.600. The van der Waals surface area contributed by atoms with Gasteiger partial charge in [0.25, 0.3) is 0 Å². The second-order valence-corrected chi connectivity index (χ2v) is 4.49. The summed E-state index contributed by atoms with van der Waals surface area (Å²) in [5.41, 5.74) is 1.16. The Kier molecular flexibility index (Phi) is 7.48. The summed E-state index contributed by atoms with van der Waals surface area (Å²) in [5, 5.41) is 3.37. The Balaban J connectivity index is 2.03. The number of hydrogen-bond acceptors (Lipinski definition) is 2. The third-order valence-electron chi connectivity index (χ3n) is 2.77. The Morgan fingerprint density at radius 2 is 1.88 bits per heavy atom. The molecule has 17 heavy (non-hydrogen) atoms. The topological polar surface area (TPSA) is 21.3 Å². The zero-order valence-electron chi connectivity index (χ0n) is 11.1. The van der Waals surface area contributed by atoms with Crippen molar-refractivity contribution in [2.75, 3.05) is 18.5 Å². The van der Waals surface area contributed by atoms with Gasteiger partial charge < -0.3 is 10.1 Å². The maximum absolute atomic E-state index is 5.75. The van der Waals surface area contributed by atoms with Crippen molar-refractivity contribution in [3.8, 4) is 0 Å². The van der Waals surface area contributed by atoms with Gasteiger partial charge in [0, 0.05) is 18.8 Å². The largest absolute Gasteiger partial charge is 0.382 e. The van der Waals surface area contributed by atoms with Gasteiger partial charge in [-0.15, -0.1) is 0 Å². The van der Waals surface area contributed by atoms with E-state index in [1.165, 1.54) is 25.7 Å². The molecule has 2 nitrogen and oxygen atoms in total. The van der Waals surface area contributed by atoms with Crippen LogP contribution in [0, 0.1) is 0 Å². The van der Waals surface area contributed by atoms with Crippen LogP contribution < -0.4 is 5.32 Å². The molecule has 0 fully saturated rings. The standard InChI is InChI=1S/C15H25NO/c1-3-4-5-9-12-17-14(2)13-16-15-10-7-6-8-11-15/h6-8,10-11,14,16H,3-5,9,12-13H2,1-2H3.